The normalized spacial score (nSPS) is 15.7. The Morgan fingerprint density at radius 3 is 2.72 bits per heavy atom. The molecule has 0 amide bonds. The van der Waals surface area contributed by atoms with E-state index in [9.17, 15) is 4.79 Å². The summed E-state index contributed by atoms with van der Waals surface area (Å²) in [5, 5.41) is 0.538. The van der Waals surface area contributed by atoms with E-state index in [1.54, 1.807) is 24.3 Å². The molecule has 0 saturated carbocycles. The smallest absolute Gasteiger partial charge is 0.232 e. The second-order valence-corrected chi connectivity index (χ2v) is 8.36. The van der Waals surface area contributed by atoms with E-state index in [2.05, 4.69) is 12.1 Å². The third-order valence-corrected chi connectivity index (χ3v) is 5.68. The number of aryl methyl sites for hydroxylation is 2. The van der Waals surface area contributed by atoms with E-state index in [0.29, 0.717) is 46.6 Å². The van der Waals surface area contributed by atoms with Gasteiger partial charge in [-0.3, -0.25) is 4.79 Å². The summed E-state index contributed by atoms with van der Waals surface area (Å²) in [6.07, 6.45) is 1.67. The van der Waals surface area contributed by atoms with Gasteiger partial charge >= 0.3 is 0 Å². The maximum Gasteiger partial charge on any atom is 0.232 e. The molecule has 2 aliphatic heterocycles. The van der Waals surface area contributed by atoms with E-state index in [-0.39, 0.29) is 18.3 Å². The Balaban J connectivity index is 1.42. The topological polar surface area (TPSA) is 54.0 Å². The lowest BCUT2D eigenvalue weighted by Crippen LogP contribution is -2.12. The fraction of sp³-hybridized carbons (Fsp3) is 0.192. The highest BCUT2D eigenvalue weighted by molar-refractivity contribution is 6.31. The molecular weight excluding hydrogens is 428 g/mol. The Morgan fingerprint density at radius 2 is 1.91 bits per heavy atom. The quantitative estimate of drug-likeness (QED) is 0.457. The number of benzene rings is 3. The number of rotatable bonds is 4. The van der Waals surface area contributed by atoms with Gasteiger partial charge in [-0.1, -0.05) is 41.4 Å². The van der Waals surface area contributed by atoms with Crippen molar-refractivity contribution in [2.75, 3.05) is 6.79 Å². The number of ether oxygens (including phenoxy) is 4. The van der Waals surface area contributed by atoms with Crippen LogP contribution in [-0.4, -0.2) is 12.6 Å². The Kier molecular flexibility index (Phi) is 5.37. The first-order valence-corrected chi connectivity index (χ1v) is 10.7. The first kappa shape index (κ1) is 20.6. The molecule has 0 spiro atoms. The van der Waals surface area contributed by atoms with Crippen LogP contribution in [0.3, 0.4) is 0 Å². The zero-order valence-corrected chi connectivity index (χ0v) is 18.5. The van der Waals surface area contributed by atoms with Crippen LogP contribution in [0.4, 0.5) is 0 Å². The molecule has 6 heteroatoms. The van der Waals surface area contributed by atoms with E-state index in [4.69, 9.17) is 30.5 Å². The summed E-state index contributed by atoms with van der Waals surface area (Å²) in [5.41, 5.74) is 5.13. The summed E-state index contributed by atoms with van der Waals surface area (Å²) in [4.78, 5) is 13.1. The first-order valence-electron chi connectivity index (χ1n) is 10.3. The molecule has 0 radical (unpaired) electrons. The van der Waals surface area contributed by atoms with Gasteiger partial charge in [-0.2, -0.15) is 0 Å². The van der Waals surface area contributed by atoms with Crippen LogP contribution in [0.15, 0.2) is 54.3 Å². The predicted molar refractivity (Wildman–Crippen MR) is 121 cm³/mol. The molecule has 2 aliphatic rings. The van der Waals surface area contributed by atoms with Crippen molar-refractivity contribution in [2.24, 2.45) is 0 Å². The fourth-order valence-electron chi connectivity index (χ4n) is 3.87. The molecule has 0 aromatic heterocycles. The summed E-state index contributed by atoms with van der Waals surface area (Å²) >= 11 is 6.25. The van der Waals surface area contributed by atoms with Crippen molar-refractivity contribution in [3.8, 4) is 17.2 Å². The molecule has 162 valence electrons. The van der Waals surface area contributed by atoms with Gasteiger partial charge in [-0.05, 0) is 49.2 Å². The minimum atomic E-state index is -0.177. The van der Waals surface area contributed by atoms with Crippen LogP contribution >= 0.6 is 11.6 Å². The molecule has 3 aromatic rings. The lowest BCUT2D eigenvalue weighted by molar-refractivity contribution is -0.0165. The lowest BCUT2D eigenvalue weighted by Gasteiger charge is -2.20. The molecule has 0 N–H and O–H groups in total. The molecule has 0 aliphatic carbocycles. The number of ketones is 1. The maximum atomic E-state index is 13.1. The van der Waals surface area contributed by atoms with Gasteiger partial charge in [0.1, 0.15) is 23.9 Å². The SMILES string of the molecule is Cc1ccc(COc2cc(C)c3c(c2)O/C(=C\c2cc(Cl)cc4c2OCOC4)C3=O)cc1. The summed E-state index contributed by atoms with van der Waals surface area (Å²) in [6, 6.07) is 15.3. The van der Waals surface area contributed by atoms with Crippen LogP contribution in [0, 0.1) is 13.8 Å². The molecule has 5 nitrogen and oxygen atoms in total. The molecular formula is C26H21ClO5. The van der Waals surface area contributed by atoms with Crippen molar-refractivity contribution in [1.29, 1.82) is 0 Å². The van der Waals surface area contributed by atoms with E-state index in [1.807, 2.05) is 32.0 Å². The Morgan fingerprint density at radius 1 is 1.09 bits per heavy atom. The minimum absolute atomic E-state index is 0.153. The molecule has 5 rings (SSSR count). The fourth-order valence-corrected chi connectivity index (χ4v) is 4.12. The molecule has 32 heavy (non-hydrogen) atoms. The average molecular weight is 449 g/mol. The van der Waals surface area contributed by atoms with Crippen molar-refractivity contribution in [1.82, 2.24) is 0 Å². The number of halogens is 1. The summed E-state index contributed by atoms with van der Waals surface area (Å²) in [6.45, 7) is 4.92. The zero-order valence-electron chi connectivity index (χ0n) is 17.7. The molecule has 0 bridgehead atoms. The van der Waals surface area contributed by atoms with Gasteiger partial charge in [-0.25, -0.2) is 0 Å². The van der Waals surface area contributed by atoms with Crippen molar-refractivity contribution >= 4 is 23.5 Å². The molecule has 0 fully saturated rings. The number of carbonyl (C=O) groups excluding carboxylic acids is 1. The number of fused-ring (bicyclic) bond motifs is 2. The average Bonchev–Trinajstić information content (AvgIpc) is 3.08. The van der Waals surface area contributed by atoms with Gasteiger partial charge in [-0.15, -0.1) is 0 Å². The van der Waals surface area contributed by atoms with E-state index in [1.165, 1.54) is 5.56 Å². The number of allylic oxidation sites excluding steroid dienone is 1. The number of Topliss-reactive ketones (excluding diaryl/α,β-unsaturated/α-hetero) is 1. The molecule has 3 aromatic carbocycles. The van der Waals surface area contributed by atoms with Crippen LogP contribution in [0.25, 0.3) is 6.08 Å². The van der Waals surface area contributed by atoms with Crippen LogP contribution in [0.1, 0.15) is 38.2 Å². The van der Waals surface area contributed by atoms with Crippen molar-refractivity contribution in [2.45, 2.75) is 27.1 Å². The van der Waals surface area contributed by atoms with Gasteiger partial charge < -0.3 is 18.9 Å². The highest BCUT2D eigenvalue weighted by Gasteiger charge is 2.30. The third kappa shape index (κ3) is 3.97. The summed E-state index contributed by atoms with van der Waals surface area (Å²) in [5.74, 6) is 1.83. The van der Waals surface area contributed by atoms with Crippen LogP contribution in [0.5, 0.6) is 17.2 Å². The Bertz CT molecular complexity index is 1240. The number of carbonyl (C=O) groups is 1. The van der Waals surface area contributed by atoms with Crippen LogP contribution < -0.4 is 14.2 Å². The molecule has 0 atom stereocenters. The van der Waals surface area contributed by atoms with Crippen molar-refractivity contribution in [3.63, 3.8) is 0 Å². The van der Waals surface area contributed by atoms with Gasteiger partial charge in [0.05, 0.1) is 12.2 Å². The first-order chi connectivity index (χ1) is 15.5. The largest absolute Gasteiger partial charge is 0.489 e. The van der Waals surface area contributed by atoms with Crippen LogP contribution in [-0.2, 0) is 18.0 Å². The number of hydrogen-bond donors (Lipinski definition) is 0. The second-order valence-electron chi connectivity index (χ2n) is 7.92. The van der Waals surface area contributed by atoms with Gasteiger partial charge in [0, 0.05) is 22.2 Å². The van der Waals surface area contributed by atoms with Gasteiger partial charge in [0.25, 0.3) is 0 Å². The van der Waals surface area contributed by atoms with E-state index < -0.39 is 0 Å². The highest BCUT2D eigenvalue weighted by Crippen LogP contribution is 2.39. The number of hydrogen-bond acceptors (Lipinski definition) is 5. The van der Waals surface area contributed by atoms with Gasteiger partial charge in [0.2, 0.25) is 5.78 Å². The highest BCUT2D eigenvalue weighted by atomic mass is 35.5. The monoisotopic (exact) mass is 448 g/mol. The minimum Gasteiger partial charge on any atom is -0.489 e. The third-order valence-electron chi connectivity index (χ3n) is 5.46. The summed E-state index contributed by atoms with van der Waals surface area (Å²) in [7, 11) is 0. The van der Waals surface area contributed by atoms with Crippen LogP contribution in [0.2, 0.25) is 5.02 Å². The Labute approximate surface area is 191 Å². The van der Waals surface area contributed by atoms with Crippen molar-refractivity contribution in [3.05, 3.63) is 92.7 Å². The van der Waals surface area contributed by atoms with E-state index in [0.717, 1.165) is 16.7 Å². The van der Waals surface area contributed by atoms with E-state index >= 15 is 0 Å². The zero-order chi connectivity index (χ0) is 22.2. The Hall–Kier alpha value is -3.28. The molecule has 0 saturated heterocycles. The predicted octanol–water partition coefficient (Wildman–Crippen LogP) is 6.02. The maximum absolute atomic E-state index is 13.1. The van der Waals surface area contributed by atoms with Crippen molar-refractivity contribution < 1.29 is 23.7 Å². The molecule has 2 heterocycles. The lowest BCUT2D eigenvalue weighted by atomic mass is 10.0. The second kappa shape index (κ2) is 8.34. The molecule has 0 unspecified atom stereocenters. The standard InChI is InChI=1S/C26H21ClO5/c1-15-3-5-17(6-4-15)12-30-21-7-16(2)24-22(11-21)32-23(25(24)28)10-18-8-20(27)9-19-13-29-14-31-26(18)19/h3-11H,12-14H2,1-2H3/b23-10-. The summed E-state index contributed by atoms with van der Waals surface area (Å²) < 4.78 is 22.9. The van der Waals surface area contributed by atoms with Gasteiger partial charge in [0.15, 0.2) is 12.6 Å².